The normalized spacial score (nSPS) is 15.1. The summed E-state index contributed by atoms with van der Waals surface area (Å²) >= 11 is 0. The molecule has 0 unspecified atom stereocenters. The third kappa shape index (κ3) is 5.50. The highest BCUT2D eigenvalue weighted by Gasteiger charge is 2.35. The van der Waals surface area contributed by atoms with Crippen LogP contribution in [0.5, 0.6) is 11.5 Å². The summed E-state index contributed by atoms with van der Waals surface area (Å²) in [5, 5.41) is 9.60. The molecule has 0 saturated carbocycles. The van der Waals surface area contributed by atoms with Gasteiger partial charge < -0.3 is 9.47 Å². The Morgan fingerprint density at radius 2 is 1.82 bits per heavy atom. The second kappa shape index (κ2) is 11.1. The highest BCUT2D eigenvalue weighted by Crippen LogP contribution is 2.32. The summed E-state index contributed by atoms with van der Waals surface area (Å²) in [5.74, 6) is 0.232. The van der Waals surface area contributed by atoms with Crippen molar-refractivity contribution in [2.75, 3.05) is 20.3 Å². The molecule has 0 bridgehead atoms. The Morgan fingerprint density at radius 3 is 2.48 bits per heavy atom. The van der Waals surface area contributed by atoms with Crippen molar-refractivity contribution in [1.29, 1.82) is 5.26 Å². The Balaban J connectivity index is 1.91. The van der Waals surface area contributed by atoms with Gasteiger partial charge in [-0.05, 0) is 54.7 Å². The van der Waals surface area contributed by atoms with Gasteiger partial charge >= 0.3 is 0 Å². The summed E-state index contributed by atoms with van der Waals surface area (Å²) in [6, 6.07) is 17.0. The maximum absolute atomic E-state index is 13.3. The van der Waals surface area contributed by atoms with Crippen molar-refractivity contribution in [3.05, 3.63) is 76.4 Å². The van der Waals surface area contributed by atoms with Crippen LogP contribution in [0.4, 0.5) is 0 Å². The number of carbonyl (C=O) groups excluding carboxylic acids is 2. The topological polar surface area (TPSA) is 79.6 Å². The fraction of sp³-hybridized carbons (Fsp3) is 0.296. The summed E-state index contributed by atoms with van der Waals surface area (Å²) in [7, 11) is 1.56. The fourth-order valence-corrected chi connectivity index (χ4v) is 3.60. The summed E-state index contributed by atoms with van der Waals surface area (Å²) in [4.78, 5) is 27.3. The third-order valence-electron chi connectivity index (χ3n) is 5.55. The van der Waals surface area contributed by atoms with E-state index in [2.05, 4.69) is 6.92 Å². The van der Waals surface area contributed by atoms with E-state index in [1.165, 1.54) is 0 Å². The zero-order valence-electron chi connectivity index (χ0n) is 19.3. The van der Waals surface area contributed by atoms with Crippen molar-refractivity contribution in [3.63, 3.8) is 0 Å². The number of amides is 2. The highest BCUT2D eigenvalue weighted by molar-refractivity contribution is 6.19. The molecule has 6 heteroatoms. The average Bonchev–Trinajstić information content (AvgIpc) is 2.83. The molecular weight excluding hydrogens is 416 g/mol. The first kappa shape index (κ1) is 23.8. The van der Waals surface area contributed by atoms with Gasteiger partial charge in [-0.25, -0.2) is 0 Å². The molecule has 0 radical (unpaired) electrons. The van der Waals surface area contributed by atoms with Crippen LogP contribution in [0.15, 0.2) is 65.3 Å². The number of carbonyl (C=O) groups is 2. The van der Waals surface area contributed by atoms with Gasteiger partial charge in [-0.15, -0.1) is 0 Å². The number of methoxy groups -OCH3 is 1. The fourth-order valence-electron chi connectivity index (χ4n) is 3.60. The molecule has 1 aliphatic rings. The molecule has 1 aliphatic heterocycles. The number of nitriles is 1. The quantitative estimate of drug-likeness (QED) is 0.318. The molecule has 0 aliphatic carbocycles. The monoisotopic (exact) mass is 444 g/mol. The van der Waals surface area contributed by atoms with Crippen molar-refractivity contribution >= 4 is 17.9 Å². The van der Waals surface area contributed by atoms with Crippen molar-refractivity contribution in [2.24, 2.45) is 0 Å². The lowest BCUT2D eigenvalue weighted by atomic mass is 9.93. The number of unbranched alkanes of at least 4 members (excludes halogenated alkanes) is 1. The third-order valence-corrected chi connectivity index (χ3v) is 5.55. The first-order chi connectivity index (χ1) is 16.0. The van der Waals surface area contributed by atoms with Crippen LogP contribution in [-0.2, 0) is 16.0 Å². The second-order valence-electron chi connectivity index (χ2n) is 7.78. The highest BCUT2D eigenvalue weighted by atomic mass is 16.5. The van der Waals surface area contributed by atoms with E-state index in [0.717, 1.165) is 23.3 Å². The largest absolute Gasteiger partial charge is 0.493 e. The van der Waals surface area contributed by atoms with Crippen LogP contribution in [0.25, 0.3) is 6.08 Å². The molecule has 0 aromatic heterocycles. The number of rotatable bonds is 9. The second-order valence-corrected chi connectivity index (χ2v) is 7.78. The Kier molecular flexibility index (Phi) is 8.04. The van der Waals surface area contributed by atoms with Crippen LogP contribution in [0, 0.1) is 11.3 Å². The Labute approximate surface area is 194 Å². The number of benzene rings is 2. The molecular formula is C27H28N2O4. The van der Waals surface area contributed by atoms with Crippen LogP contribution in [0.2, 0.25) is 0 Å². The molecule has 0 atom stereocenters. The Bertz CT molecular complexity index is 1130. The minimum atomic E-state index is -0.551. The minimum Gasteiger partial charge on any atom is -0.493 e. The van der Waals surface area contributed by atoms with Gasteiger partial charge in [0.1, 0.15) is 11.6 Å². The molecule has 1 heterocycles. The van der Waals surface area contributed by atoms with Crippen molar-refractivity contribution in [1.82, 2.24) is 4.90 Å². The van der Waals surface area contributed by atoms with Crippen molar-refractivity contribution in [2.45, 2.75) is 33.1 Å². The first-order valence-electron chi connectivity index (χ1n) is 11.0. The Hall–Kier alpha value is -3.85. The van der Waals surface area contributed by atoms with E-state index < -0.39 is 11.8 Å². The lowest BCUT2D eigenvalue weighted by Gasteiger charge is -2.27. The summed E-state index contributed by atoms with van der Waals surface area (Å²) < 4.78 is 11.2. The van der Waals surface area contributed by atoms with E-state index in [1.54, 1.807) is 32.2 Å². The standard InChI is InChI=1S/C27H28N2O4/c1-4-5-15-33-24-12-11-21(17-25(24)32-3)16-22-19(2)23(18-28)27(31)29(26(22)30)14-13-20-9-7-6-8-10-20/h6-12,16-17H,4-5,13-15H2,1-3H3/b22-16+. The van der Waals surface area contributed by atoms with Gasteiger partial charge in [0, 0.05) is 12.1 Å². The summed E-state index contributed by atoms with van der Waals surface area (Å²) in [6.07, 6.45) is 4.18. The van der Waals surface area contributed by atoms with E-state index in [9.17, 15) is 14.9 Å². The molecule has 0 spiro atoms. The molecule has 33 heavy (non-hydrogen) atoms. The predicted octanol–water partition coefficient (Wildman–Crippen LogP) is 4.71. The van der Waals surface area contributed by atoms with Crippen molar-refractivity contribution < 1.29 is 19.1 Å². The Morgan fingerprint density at radius 1 is 1.06 bits per heavy atom. The van der Waals surface area contributed by atoms with Gasteiger partial charge in [-0.1, -0.05) is 49.7 Å². The van der Waals surface area contributed by atoms with E-state index >= 15 is 0 Å². The lowest BCUT2D eigenvalue weighted by Crippen LogP contribution is -2.43. The van der Waals surface area contributed by atoms with Gasteiger partial charge in [0.2, 0.25) is 0 Å². The SMILES string of the molecule is CCCCOc1ccc(/C=C2/C(=O)N(CCc3ccccc3)C(=O)C(C#N)=C2C)cc1OC. The summed E-state index contributed by atoms with van der Waals surface area (Å²) in [5.41, 5.74) is 2.41. The number of imide groups is 1. The predicted molar refractivity (Wildman–Crippen MR) is 127 cm³/mol. The lowest BCUT2D eigenvalue weighted by molar-refractivity contribution is -0.140. The molecule has 170 valence electrons. The molecule has 0 fully saturated rings. The van der Waals surface area contributed by atoms with Crippen LogP contribution in [0.3, 0.4) is 0 Å². The molecule has 3 rings (SSSR count). The molecule has 0 saturated heterocycles. The number of nitrogens with zero attached hydrogens (tertiary/aromatic N) is 2. The zero-order valence-corrected chi connectivity index (χ0v) is 19.3. The maximum atomic E-state index is 13.3. The van der Waals surface area contributed by atoms with Crippen LogP contribution < -0.4 is 9.47 Å². The molecule has 0 N–H and O–H groups in total. The van der Waals surface area contributed by atoms with E-state index in [-0.39, 0.29) is 12.1 Å². The molecule has 2 aromatic carbocycles. The van der Waals surface area contributed by atoms with E-state index in [1.807, 2.05) is 42.5 Å². The minimum absolute atomic E-state index is 0.0135. The van der Waals surface area contributed by atoms with Gasteiger partial charge in [-0.2, -0.15) is 5.26 Å². The van der Waals surface area contributed by atoms with Crippen LogP contribution >= 0.6 is 0 Å². The number of hydrogen-bond donors (Lipinski definition) is 0. The van der Waals surface area contributed by atoms with Crippen LogP contribution in [-0.4, -0.2) is 37.0 Å². The van der Waals surface area contributed by atoms with Gasteiger partial charge in [-0.3, -0.25) is 14.5 Å². The number of hydrogen-bond acceptors (Lipinski definition) is 5. The van der Waals surface area contributed by atoms with Crippen molar-refractivity contribution in [3.8, 4) is 17.6 Å². The van der Waals surface area contributed by atoms with Gasteiger partial charge in [0.15, 0.2) is 11.5 Å². The van der Waals surface area contributed by atoms with Crippen LogP contribution in [0.1, 0.15) is 37.8 Å². The van der Waals surface area contributed by atoms with Gasteiger partial charge in [0.25, 0.3) is 11.8 Å². The average molecular weight is 445 g/mol. The molecule has 2 amide bonds. The van der Waals surface area contributed by atoms with E-state index in [0.29, 0.717) is 41.2 Å². The smallest absolute Gasteiger partial charge is 0.271 e. The number of ether oxygens (including phenoxy) is 2. The molecule has 2 aromatic rings. The maximum Gasteiger partial charge on any atom is 0.271 e. The first-order valence-corrected chi connectivity index (χ1v) is 11.0. The summed E-state index contributed by atoms with van der Waals surface area (Å²) in [6.45, 7) is 4.52. The zero-order chi connectivity index (χ0) is 23.8. The molecule has 6 nitrogen and oxygen atoms in total. The van der Waals surface area contributed by atoms with Gasteiger partial charge in [0.05, 0.1) is 13.7 Å². The van der Waals surface area contributed by atoms with E-state index in [4.69, 9.17) is 9.47 Å².